The molecule has 3 atom stereocenters. The van der Waals surface area contributed by atoms with Crippen molar-refractivity contribution in [2.75, 3.05) is 0 Å². The van der Waals surface area contributed by atoms with Crippen LogP contribution in [0.5, 0.6) is 5.75 Å². The van der Waals surface area contributed by atoms with Gasteiger partial charge in [-0.25, -0.2) is 0 Å². The second-order valence-corrected chi connectivity index (χ2v) is 4.86. The Morgan fingerprint density at radius 2 is 2.28 bits per heavy atom. The summed E-state index contributed by atoms with van der Waals surface area (Å²) in [6, 6.07) is 7.59. The molecule has 1 unspecified atom stereocenters. The van der Waals surface area contributed by atoms with Crippen LogP contribution in [0, 0.1) is 0 Å². The number of nitrogens with one attached hydrogen (secondary N) is 1. The molecule has 0 bridgehead atoms. The number of aliphatic hydroxyl groups excluding tert-OH is 1. The number of carbonyl (C=O) groups is 1. The number of hydrogen-bond acceptors (Lipinski definition) is 4. The summed E-state index contributed by atoms with van der Waals surface area (Å²) in [6.45, 7) is 3.48. The van der Waals surface area contributed by atoms with E-state index >= 15 is 0 Å². The standard InChI is InChI=1S/C14H19NO3/c1-9-6-7-13(15-9)14(17)11-4-3-5-12(8-11)18-10(2)16/h3-5,8-9,13-15,17H,6-7H2,1-2H3/t9-,13-,14?/m1/s1. The predicted octanol–water partition coefficient (Wildman–Crippen LogP) is 1.79. The first kappa shape index (κ1) is 13.1. The largest absolute Gasteiger partial charge is 0.427 e. The fourth-order valence-corrected chi connectivity index (χ4v) is 2.37. The quantitative estimate of drug-likeness (QED) is 0.633. The molecule has 1 aliphatic heterocycles. The fraction of sp³-hybridized carbons (Fsp3) is 0.500. The van der Waals surface area contributed by atoms with Crippen LogP contribution in [-0.2, 0) is 4.79 Å². The van der Waals surface area contributed by atoms with E-state index in [4.69, 9.17) is 4.74 Å². The van der Waals surface area contributed by atoms with Crippen molar-refractivity contribution in [2.24, 2.45) is 0 Å². The Bertz CT molecular complexity index is 433. The summed E-state index contributed by atoms with van der Waals surface area (Å²) in [4.78, 5) is 10.9. The van der Waals surface area contributed by atoms with Crippen molar-refractivity contribution in [3.8, 4) is 5.75 Å². The van der Waals surface area contributed by atoms with Crippen molar-refractivity contribution >= 4 is 5.97 Å². The van der Waals surface area contributed by atoms with Gasteiger partial charge in [0.25, 0.3) is 0 Å². The van der Waals surface area contributed by atoms with Crippen LogP contribution in [0.1, 0.15) is 38.4 Å². The Labute approximate surface area is 107 Å². The molecule has 1 aromatic rings. The normalized spacial score (nSPS) is 24.8. The van der Waals surface area contributed by atoms with E-state index in [2.05, 4.69) is 12.2 Å². The molecule has 18 heavy (non-hydrogen) atoms. The van der Waals surface area contributed by atoms with E-state index in [9.17, 15) is 9.90 Å². The SMILES string of the molecule is CC(=O)Oc1cccc(C(O)[C@H]2CC[C@@H](C)N2)c1. The highest BCUT2D eigenvalue weighted by Gasteiger charge is 2.27. The molecule has 98 valence electrons. The lowest BCUT2D eigenvalue weighted by Gasteiger charge is -2.20. The Morgan fingerprint density at radius 3 is 2.89 bits per heavy atom. The van der Waals surface area contributed by atoms with Crippen LogP contribution < -0.4 is 10.1 Å². The second kappa shape index (κ2) is 5.50. The van der Waals surface area contributed by atoms with Crippen molar-refractivity contribution in [1.29, 1.82) is 0 Å². The topological polar surface area (TPSA) is 58.6 Å². The lowest BCUT2D eigenvalue weighted by molar-refractivity contribution is -0.131. The van der Waals surface area contributed by atoms with Gasteiger partial charge in [0.15, 0.2) is 0 Å². The molecule has 0 radical (unpaired) electrons. The third-order valence-corrected chi connectivity index (χ3v) is 3.25. The minimum absolute atomic E-state index is 0.0765. The third-order valence-electron chi connectivity index (χ3n) is 3.25. The van der Waals surface area contributed by atoms with Crippen molar-refractivity contribution < 1.29 is 14.6 Å². The number of hydrogen-bond donors (Lipinski definition) is 2. The molecule has 2 N–H and O–H groups in total. The van der Waals surface area contributed by atoms with Gasteiger partial charge in [-0.3, -0.25) is 4.79 Å². The van der Waals surface area contributed by atoms with Crippen molar-refractivity contribution in [2.45, 2.75) is 44.9 Å². The first-order valence-electron chi connectivity index (χ1n) is 6.29. The maximum absolute atomic E-state index is 10.9. The van der Waals surface area contributed by atoms with Crippen LogP contribution in [-0.4, -0.2) is 23.2 Å². The number of rotatable bonds is 3. The Morgan fingerprint density at radius 1 is 1.50 bits per heavy atom. The van der Waals surface area contributed by atoms with Crippen LogP contribution >= 0.6 is 0 Å². The molecule has 1 heterocycles. The van der Waals surface area contributed by atoms with E-state index in [1.807, 2.05) is 6.07 Å². The Hall–Kier alpha value is -1.39. The number of benzene rings is 1. The van der Waals surface area contributed by atoms with Crippen LogP contribution in [0.25, 0.3) is 0 Å². The summed E-state index contributed by atoms with van der Waals surface area (Å²) in [7, 11) is 0. The summed E-state index contributed by atoms with van der Waals surface area (Å²) < 4.78 is 5.02. The van der Waals surface area contributed by atoms with Crippen molar-refractivity contribution in [3.63, 3.8) is 0 Å². The molecular formula is C14H19NO3. The van der Waals surface area contributed by atoms with Gasteiger partial charge < -0.3 is 15.2 Å². The monoisotopic (exact) mass is 249 g/mol. The minimum Gasteiger partial charge on any atom is -0.427 e. The molecule has 0 saturated carbocycles. The van der Waals surface area contributed by atoms with E-state index in [-0.39, 0.29) is 12.0 Å². The molecule has 4 heteroatoms. The molecular weight excluding hydrogens is 230 g/mol. The first-order valence-corrected chi connectivity index (χ1v) is 6.29. The minimum atomic E-state index is -0.564. The second-order valence-electron chi connectivity index (χ2n) is 4.86. The van der Waals surface area contributed by atoms with Crippen molar-refractivity contribution in [1.82, 2.24) is 5.32 Å². The van der Waals surface area contributed by atoms with E-state index < -0.39 is 6.10 Å². The molecule has 2 rings (SSSR count). The summed E-state index contributed by atoms with van der Waals surface area (Å²) in [5.41, 5.74) is 0.778. The molecule has 0 spiro atoms. The van der Waals surface area contributed by atoms with Gasteiger partial charge in [0.05, 0.1) is 6.10 Å². The molecule has 1 aromatic carbocycles. The zero-order chi connectivity index (χ0) is 13.1. The van der Waals surface area contributed by atoms with Gasteiger partial charge in [-0.15, -0.1) is 0 Å². The number of carbonyl (C=O) groups excluding carboxylic acids is 1. The molecule has 1 aliphatic rings. The molecule has 1 saturated heterocycles. The number of ether oxygens (including phenoxy) is 1. The van der Waals surface area contributed by atoms with Gasteiger partial charge in [0.2, 0.25) is 0 Å². The molecule has 1 fully saturated rings. The molecule has 0 aromatic heterocycles. The van der Waals surface area contributed by atoms with E-state index in [0.717, 1.165) is 18.4 Å². The summed E-state index contributed by atoms with van der Waals surface area (Å²) in [6.07, 6.45) is 1.47. The zero-order valence-electron chi connectivity index (χ0n) is 10.7. The molecule has 4 nitrogen and oxygen atoms in total. The lowest BCUT2D eigenvalue weighted by atomic mass is 10.0. The number of esters is 1. The molecule has 0 aliphatic carbocycles. The van der Waals surface area contributed by atoms with Crippen molar-refractivity contribution in [3.05, 3.63) is 29.8 Å². The molecule has 0 amide bonds. The maximum atomic E-state index is 10.9. The van der Waals surface area contributed by atoms with Gasteiger partial charge in [-0.2, -0.15) is 0 Å². The van der Waals surface area contributed by atoms with E-state index in [1.54, 1.807) is 18.2 Å². The van der Waals surface area contributed by atoms with Gasteiger partial charge in [-0.05, 0) is 37.5 Å². The van der Waals surface area contributed by atoms with E-state index in [0.29, 0.717) is 11.8 Å². The predicted molar refractivity (Wildman–Crippen MR) is 68.3 cm³/mol. The lowest BCUT2D eigenvalue weighted by Crippen LogP contribution is -2.32. The fourth-order valence-electron chi connectivity index (χ4n) is 2.37. The van der Waals surface area contributed by atoms with Gasteiger partial charge >= 0.3 is 5.97 Å². The van der Waals surface area contributed by atoms with Crippen LogP contribution in [0.15, 0.2) is 24.3 Å². The van der Waals surface area contributed by atoms with Gasteiger partial charge in [-0.1, -0.05) is 12.1 Å². The van der Waals surface area contributed by atoms with Gasteiger partial charge in [0, 0.05) is 19.0 Å². The smallest absolute Gasteiger partial charge is 0.308 e. The highest BCUT2D eigenvalue weighted by molar-refractivity contribution is 5.69. The summed E-state index contributed by atoms with van der Waals surface area (Å²) in [5.74, 6) is 0.124. The van der Waals surface area contributed by atoms with Crippen LogP contribution in [0.4, 0.5) is 0 Å². The highest BCUT2D eigenvalue weighted by Crippen LogP contribution is 2.27. The highest BCUT2D eigenvalue weighted by atomic mass is 16.5. The average Bonchev–Trinajstić information content (AvgIpc) is 2.74. The maximum Gasteiger partial charge on any atom is 0.308 e. The van der Waals surface area contributed by atoms with E-state index in [1.165, 1.54) is 6.92 Å². The zero-order valence-corrected chi connectivity index (χ0v) is 10.7. The Balaban J connectivity index is 2.10. The average molecular weight is 249 g/mol. The van der Waals surface area contributed by atoms with Crippen LogP contribution in [0.3, 0.4) is 0 Å². The van der Waals surface area contributed by atoms with Gasteiger partial charge in [0.1, 0.15) is 5.75 Å². The summed E-state index contributed by atoms with van der Waals surface area (Å²) >= 11 is 0. The Kier molecular flexibility index (Phi) is 3.99. The third kappa shape index (κ3) is 3.09. The number of aliphatic hydroxyl groups is 1. The summed E-state index contributed by atoms with van der Waals surface area (Å²) in [5, 5.41) is 13.6. The first-order chi connectivity index (χ1) is 8.56. The van der Waals surface area contributed by atoms with Crippen LogP contribution in [0.2, 0.25) is 0 Å².